The van der Waals surface area contributed by atoms with Gasteiger partial charge in [0.25, 0.3) is 0 Å². The highest BCUT2D eigenvalue weighted by Crippen LogP contribution is 2.41. The van der Waals surface area contributed by atoms with Gasteiger partial charge in [-0.15, -0.1) is 0 Å². The zero-order chi connectivity index (χ0) is 37.7. The lowest BCUT2D eigenvalue weighted by Gasteiger charge is -2.15. The molecule has 0 spiro atoms. The van der Waals surface area contributed by atoms with Gasteiger partial charge in [0.15, 0.2) is 17.5 Å². The summed E-state index contributed by atoms with van der Waals surface area (Å²) in [6.07, 6.45) is 0. The molecule has 0 bridgehead atoms. The van der Waals surface area contributed by atoms with Crippen molar-refractivity contribution in [1.82, 2.24) is 19.9 Å². The molecule has 0 atom stereocenters. The summed E-state index contributed by atoms with van der Waals surface area (Å²) in [7, 11) is 0. The molecule has 11 rings (SSSR count). The van der Waals surface area contributed by atoms with Crippen LogP contribution < -0.4 is 0 Å². The highest BCUT2D eigenvalue weighted by atomic mass is 16.3. The van der Waals surface area contributed by atoms with Crippen LogP contribution in [0, 0.1) is 0 Å². The van der Waals surface area contributed by atoms with Crippen molar-refractivity contribution in [1.29, 1.82) is 0 Å². The molecule has 0 aliphatic carbocycles. The van der Waals surface area contributed by atoms with E-state index in [9.17, 15) is 0 Å². The average molecular weight is 729 g/mol. The minimum Gasteiger partial charge on any atom is -0.455 e. The van der Waals surface area contributed by atoms with Crippen LogP contribution in [-0.2, 0) is 0 Å². The van der Waals surface area contributed by atoms with Crippen molar-refractivity contribution >= 4 is 43.6 Å². The number of rotatable bonds is 6. The van der Waals surface area contributed by atoms with Gasteiger partial charge in [-0.3, -0.25) is 0 Å². The second-order valence-electron chi connectivity index (χ2n) is 14.2. The van der Waals surface area contributed by atoms with Crippen LogP contribution in [0.15, 0.2) is 199 Å². The van der Waals surface area contributed by atoms with Crippen LogP contribution in [0.4, 0.5) is 0 Å². The quantitative estimate of drug-likeness (QED) is 0.160. The topological polar surface area (TPSA) is 64.7 Å². The zero-order valence-corrected chi connectivity index (χ0v) is 30.7. The van der Waals surface area contributed by atoms with E-state index < -0.39 is 0 Å². The molecule has 0 N–H and O–H groups in total. The summed E-state index contributed by atoms with van der Waals surface area (Å²) in [5.74, 6) is 1.89. The van der Waals surface area contributed by atoms with Crippen molar-refractivity contribution in [2.24, 2.45) is 0 Å². The molecule has 0 amide bonds. The normalized spacial score (nSPS) is 11.5. The molecule has 3 aromatic heterocycles. The number of hydrogen-bond acceptors (Lipinski definition) is 5. The van der Waals surface area contributed by atoms with Gasteiger partial charge in [0.2, 0.25) is 0 Å². The first-order chi connectivity index (χ1) is 28.2. The van der Waals surface area contributed by atoms with Crippen LogP contribution in [0.25, 0.3) is 111 Å². The maximum Gasteiger partial charge on any atom is 0.164 e. The van der Waals surface area contributed by atoms with Crippen molar-refractivity contribution in [2.45, 2.75) is 0 Å². The van der Waals surface area contributed by atoms with Gasteiger partial charge in [-0.05, 0) is 28.8 Å². The van der Waals surface area contributed by atoms with E-state index in [1.54, 1.807) is 0 Å². The Balaban J connectivity index is 1.00. The van der Waals surface area contributed by atoms with Gasteiger partial charge in [-0.2, -0.15) is 0 Å². The van der Waals surface area contributed by atoms with Gasteiger partial charge in [-0.25, -0.2) is 19.9 Å². The monoisotopic (exact) mass is 728 g/mol. The van der Waals surface area contributed by atoms with Crippen LogP contribution in [0.3, 0.4) is 0 Å². The van der Waals surface area contributed by atoms with Crippen LogP contribution in [0.2, 0.25) is 0 Å². The first-order valence-electron chi connectivity index (χ1n) is 19.1. The van der Waals surface area contributed by atoms with Crippen LogP contribution >= 0.6 is 0 Å². The fourth-order valence-corrected chi connectivity index (χ4v) is 7.98. The van der Waals surface area contributed by atoms with Crippen LogP contribution in [0.5, 0.6) is 0 Å². The van der Waals surface area contributed by atoms with Gasteiger partial charge < -0.3 is 4.42 Å². The lowest BCUT2D eigenvalue weighted by atomic mass is 9.92. The Kier molecular flexibility index (Phi) is 7.74. The summed E-state index contributed by atoms with van der Waals surface area (Å²) in [5.41, 5.74) is 12.0. The Morgan fingerprint density at radius 1 is 0.298 bits per heavy atom. The molecule has 0 unspecified atom stereocenters. The van der Waals surface area contributed by atoms with Crippen molar-refractivity contribution in [3.8, 4) is 67.7 Å². The minimum atomic E-state index is 0.618. The second kappa shape index (κ2) is 13.5. The Labute approximate surface area is 328 Å². The maximum absolute atomic E-state index is 6.38. The minimum absolute atomic E-state index is 0.618. The first-order valence-corrected chi connectivity index (χ1v) is 19.1. The van der Waals surface area contributed by atoms with Gasteiger partial charge in [0.1, 0.15) is 11.2 Å². The molecular weight excluding hydrogens is 697 g/mol. The Hall–Kier alpha value is -7.76. The fraction of sp³-hybridized carbons (Fsp3) is 0. The molecule has 8 aromatic carbocycles. The lowest BCUT2D eigenvalue weighted by molar-refractivity contribution is 0.670. The summed E-state index contributed by atoms with van der Waals surface area (Å²) < 4.78 is 6.38. The summed E-state index contributed by atoms with van der Waals surface area (Å²) in [5, 5.41) is 5.64. The van der Waals surface area contributed by atoms with Crippen LogP contribution in [-0.4, -0.2) is 19.9 Å². The third kappa shape index (κ3) is 5.72. The van der Waals surface area contributed by atoms with E-state index in [1.807, 2.05) is 72.8 Å². The number of fused-ring (bicyclic) bond motifs is 6. The number of pyridine rings is 1. The second-order valence-corrected chi connectivity index (χ2v) is 14.2. The molecule has 266 valence electrons. The van der Waals surface area contributed by atoms with Crippen LogP contribution in [0.1, 0.15) is 0 Å². The maximum atomic E-state index is 6.38. The smallest absolute Gasteiger partial charge is 0.164 e. The molecule has 11 aromatic rings. The molecule has 0 saturated heterocycles. The highest BCUT2D eigenvalue weighted by Gasteiger charge is 2.17. The number of hydrogen-bond donors (Lipinski definition) is 0. The lowest BCUT2D eigenvalue weighted by Crippen LogP contribution is -2.00. The average Bonchev–Trinajstić information content (AvgIpc) is 3.68. The SMILES string of the molecule is c1ccc(-c2nc(-c3ccccc3)nc(-c3ccc(-c4nc5ccccc5c5c(-c6ccc(-c7cccc8c7oc7ccccc78)cc6)cccc45)cc3)n2)cc1. The van der Waals surface area contributed by atoms with E-state index in [-0.39, 0.29) is 0 Å². The number of benzene rings is 8. The number of aromatic nitrogens is 4. The van der Waals surface area contributed by atoms with Crippen molar-refractivity contribution in [3.05, 3.63) is 194 Å². The van der Waals surface area contributed by atoms with Gasteiger partial charge in [-0.1, -0.05) is 182 Å². The zero-order valence-electron chi connectivity index (χ0n) is 30.7. The molecule has 5 heteroatoms. The Morgan fingerprint density at radius 2 is 0.772 bits per heavy atom. The van der Waals surface area contributed by atoms with Gasteiger partial charge in [0.05, 0.1) is 11.2 Å². The van der Waals surface area contributed by atoms with E-state index in [2.05, 4.69) is 121 Å². The number of nitrogens with zero attached hydrogens (tertiary/aromatic N) is 4. The molecule has 0 radical (unpaired) electrons. The first kappa shape index (κ1) is 32.7. The Morgan fingerprint density at radius 3 is 1.44 bits per heavy atom. The molecule has 0 fully saturated rings. The van der Waals surface area contributed by atoms with Crippen molar-refractivity contribution < 1.29 is 4.42 Å². The number of para-hydroxylation sites is 3. The summed E-state index contributed by atoms with van der Waals surface area (Å²) >= 11 is 0. The van der Waals surface area contributed by atoms with Gasteiger partial charge in [0, 0.05) is 54.7 Å². The molecular formula is C52H32N4O. The third-order valence-electron chi connectivity index (χ3n) is 10.8. The summed E-state index contributed by atoms with van der Waals surface area (Å²) in [4.78, 5) is 20.0. The molecule has 57 heavy (non-hydrogen) atoms. The van der Waals surface area contributed by atoms with E-state index in [0.717, 1.165) is 88.4 Å². The van der Waals surface area contributed by atoms with Crippen molar-refractivity contribution in [3.63, 3.8) is 0 Å². The summed E-state index contributed by atoms with van der Waals surface area (Å²) in [6.45, 7) is 0. The molecule has 0 saturated carbocycles. The number of furan rings is 1. The molecule has 0 aliphatic rings. The largest absolute Gasteiger partial charge is 0.455 e. The Bertz CT molecular complexity index is 3210. The molecule has 0 aliphatic heterocycles. The van der Waals surface area contributed by atoms with E-state index in [1.165, 1.54) is 5.39 Å². The fourth-order valence-electron chi connectivity index (χ4n) is 7.98. The van der Waals surface area contributed by atoms with Gasteiger partial charge >= 0.3 is 0 Å². The third-order valence-corrected chi connectivity index (χ3v) is 10.8. The standard InChI is InChI=1S/C52H32N4O/c1-3-13-36(14-4-1)50-54-51(37-15-5-2-6-16-37)56-52(55-50)38-31-29-35(30-32-38)48-44-22-11-19-39(47(44)43-18-7-9-23-45(43)53-48)33-25-27-34(28-26-33)40-20-12-21-42-41-17-8-10-24-46(41)57-49(40)42/h1-32H. The molecule has 5 nitrogen and oxygen atoms in total. The highest BCUT2D eigenvalue weighted by molar-refractivity contribution is 6.17. The van der Waals surface area contributed by atoms with Crippen molar-refractivity contribution in [2.75, 3.05) is 0 Å². The van der Waals surface area contributed by atoms with E-state index >= 15 is 0 Å². The van der Waals surface area contributed by atoms with E-state index in [0.29, 0.717) is 17.5 Å². The predicted octanol–water partition coefficient (Wildman–Crippen LogP) is 13.5. The predicted molar refractivity (Wildman–Crippen MR) is 233 cm³/mol. The van der Waals surface area contributed by atoms with E-state index in [4.69, 9.17) is 24.4 Å². The summed E-state index contributed by atoms with van der Waals surface area (Å²) in [6, 6.07) is 66.9. The molecule has 3 heterocycles.